The molecule has 4 heterocycles. The fraction of sp³-hybridized carbons (Fsp3) is 0.345. The lowest BCUT2D eigenvalue weighted by molar-refractivity contribution is -0.137. The standard InChI is InChI=1S/C29H28F3N3O/c30-29(31,32)22-16-21(17-25(18-22)34-14-10-23(11-15-34)33-12-4-5-13-33)28(36)35-24-8-9-26(27(35)19-24)20-6-2-1-3-7-20/h1-3,6-9,16-19,23H,4-5,10-15H2. The summed E-state index contributed by atoms with van der Waals surface area (Å²) in [5.41, 5.74) is 3.01. The number of hydrogen-bond donors (Lipinski definition) is 0. The predicted molar refractivity (Wildman–Crippen MR) is 134 cm³/mol. The number of nitrogens with zero attached hydrogens (tertiary/aromatic N) is 3. The van der Waals surface area contributed by atoms with Crippen molar-refractivity contribution in [1.29, 1.82) is 0 Å². The Hall–Kier alpha value is -3.32. The highest BCUT2D eigenvalue weighted by Crippen LogP contribution is 2.42. The van der Waals surface area contributed by atoms with Gasteiger partial charge in [-0.1, -0.05) is 36.4 Å². The monoisotopic (exact) mass is 491 g/mol. The van der Waals surface area contributed by atoms with Crippen LogP contribution in [0.1, 0.15) is 47.2 Å². The van der Waals surface area contributed by atoms with Crippen LogP contribution in [-0.4, -0.2) is 47.9 Å². The third-order valence-corrected chi connectivity index (χ3v) is 7.75. The van der Waals surface area contributed by atoms with E-state index in [0.29, 0.717) is 36.2 Å². The zero-order chi connectivity index (χ0) is 24.9. The van der Waals surface area contributed by atoms with Crippen molar-refractivity contribution in [2.75, 3.05) is 31.1 Å². The van der Waals surface area contributed by atoms with Crippen LogP contribution in [0.2, 0.25) is 0 Å². The molecule has 36 heavy (non-hydrogen) atoms. The van der Waals surface area contributed by atoms with E-state index in [1.807, 2.05) is 53.5 Å². The molecule has 0 spiro atoms. The summed E-state index contributed by atoms with van der Waals surface area (Å²) < 4.78 is 41.6. The summed E-state index contributed by atoms with van der Waals surface area (Å²) in [6, 6.07) is 14.0. The van der Waals surface area contributed by atoms with E-state index in [9.17, 15) is 18.0 Å². The number of likely N-dealkylation sites (tertiary alicyclic amines) is 1. The first-order valence-corrected chi connectivity index (χ1v) is 12.6. The third kappa shape index (κ3) is 4.15. The van der Waals surface area contributed by atoms with Crippen molar-refractivity contribution in [1.82, 2.24) is 9.80 Å². The highest BCUT2D eigenvalue weighted by atomic mass is 19.4. The van der Waals surface area contributed by atoms with Gasteiger partial charge in [-0.2, -0.15) is 13.2 Å². The number of halogens is 3. The van der Waals surface area contributed by atoms with Crippen molar-refractivity contribution < 1.29 is 18.0 Å². The highest BCUT2D eigenvalue weighted by Gasteiger charge is 2.38. The molecule has 186 valence electrons. The molecule has 4 aliphatic heterocycles. The summed E-state index contributed by atoms with van der Waals surface area (Å²) in [5, 5.41) is 0. The van der Waals surface area contributed by atoms with E-state index < -0.39 is 17.6 Å². The van der Waals surface area contributed by atoms with Crippen LogP contribution in [0.4, 0.5) is 18.9 Å². The number of alkyl halides is 3. The second-order valence-corrected chi connectivity index (χ2v) is 9.94. The summed E-state index contributed by atoms with van der Waals surface area (Å²) in [4.78, 5) is 19.6. The van der Waals surface area contributed by atoms with Crippen molar-refractivity contribution in [3.8, 4) is 0 Å². The Morgan fingerprint density at radius 3 is 2.28 bits per heavy atom. The largest absolute Gasteiger partial charge is 0.416 e. The SMILES string of the molecule is O=C(c1cc(N2CCC(N3CCCC3)CC2)cc(C(F)(F)F)c1)N1c2ccc(-c3ccccc3)c1c2. The number of hydrogen-bond acceptors (Lipinski definition) is 3. The van der Waals surface area contributed by atoms with Crippen LogP contribution in [0.5, 0.6) is 0 Å². The topological polar surface area (TPSA) is 26.8 Å². The Labute approximate surface area is 209 Å². The smallest absolute Gasteiger partial charge is 0.371 e. The fourth-order valence-electron chi connectivity index (χ4n) is 5.81. The Balaban J connectivity index is 1.26. The minimum Gasteiger partial charge on any atom is -0.371 e. The molecule has 0 aromatic heterocycles. The van der Waals surface area contributed by atoms with Crippen molar-refractivity contribution in [3.05, 3.63) is 94.8 Å². The van der Waals surface area contributed by atoms with Gasteiger partial charge in [0.1, 0.15) is 0 Å². The third-order valence-electron chi connectivity index (χ3n) is 7.75. The molecule has 0 N–H and O–H groups in total. The van der Waals surface area contributed by atoms with Crippen LogP contribution in [0.25, 0.3) is 5.57 Å². The molecule has 0 aliphatic carbocycles. The fourth-order valence-corrected chi connectivity index (χ4v) is 5.81. The van der Waals surface area contributed by atoms with E-state index in [4.69, 9.17) is 0 Å². The normalized spacial score (nSPS) is 20.6. The van der Waals surface area contributed by atoms with Gasteiger partial charge in [-0.15, -0.1) is 0 Å². The number of amides is 1. The number of allylic oxidation sites excluding steroid dienone is 4. The summed E-state index contributed by atoms with van der Waals surface area (Å²) in [6.45, 7) is 3.62. The number of benzene rings is 2. The van der Waals surface area contributed by atoms with Crippen molar-refractivity contribution in [3.63, 3.8) is 0 Å². The zero-order valence-electron chi connectivity index (χ0n) is 20.0. The number of rotatable bonds is 4. The molecule has 2 aromatic rings. The average molecular weight is 492 g/mol. The van der Waals surface area contributed by atoms with Gasteiger partial charge in [0.05, 0.1) is 17.0 Å². The van der Waals surface area contributed by atoms with Crippen LogP contribution in [0, 0.1) is 0 Å². The van der Waals surface area contributed by atoms with Gasteiger partial charge in [0, 0.05) is 36.0 Å². The van der Waals surface area contributed by atoms with E-state index in [0.717, 1.165) is 43.1 Å². The van der Waals surface area contributed by atoms with E-state index >= 15 is 0 Å². The lowest BCUT2D eigenvalue weighted by Crippen LogP contribution is -2.44. The van der Waals surface area contributed by atoms with Gasteiger partial charge >= 0.3 is 6.18 Å². The van der Waals surface area contributed by atoms with Gasteiger partial charge in [0.25, 0.3) is 5.91 Å². The average Bonchev–Trinajstić information content (AvgIpc) is 3.44. The molecule has 4 aliphatic rings. The van der Waals surface area contributed by atoms with Gasteiger partial charge in [0.15, 0.2) is 0 Å². The number of anilines is 1. The molecule has 0 unspecified atom stereocenters. The molecule has 0 radical (unpaired) electrons. The Kier molecular flexibility index (Phi) is 5.75. The molecule has 2 bridgehead atoms. The van der Waals surface area contributed by atoms with E-state index in [2.05, 4.69) is 4.90 Å². The first kappa shape index (κ1) is 23.1. The van der Waals surface area contributed by atoms with E-state index in [1.54, 1.807) is 6.07 Å². The molecule has 6 rings (SSSR count). The minimum absolute atomic E-state index is 0.0623. The Bertz CT molecular complexity index is 1260. The second-order valence-electron chi connectivity index (χ2n) is 9.94. The van der Waals surface area contributed by atoms with Gasteiger partial charge in [-0.3, -0.25) is 9.69 Å². The molecule has 2 fully saturated rings. The van der Waals surface area contributed by atoms with Crippen molar-refractivity contribution in [2.24, 2.45) is 0 Å². The molecule has 4 nitrogen and oxygen atoms in total. The van der Waals surface area contributed by atoms with Gasteiger partial charge in [0.2, 0.25) is 0 Å². The lowest BCUT2D eigenvalue weighted by atomic mass is 9.90. The molecule has 0 saturated carbocycles. The first-order chi connectivity index (χ1) is 17.4. The lowest BCUT2D eigenvalue weighted by Gasteiger charge is -2.39. The van der Waals surface area contributed by atoms with Crippen molar-refractivity contribution >= 4 is 17.2 Å². The summed E-state index contributed by atoms with van der Waals surface area (Å²) in [7, 11) is 0. The predicted octanol–water partition coefficient (Wildman–Crippen LogP) is 6.09. The van der Waals surface area contributed by atoms with Crippen LogP contribution in [-0.2, 0) is 6.18 Å². The summed E-state index contributed by atoms with van der Waals surface area (Å²) in [5.74, 6) is -0.431. The zero-order valence-corrected chi connectivity index (χ0v) is 20.0. The molecule has 0 atom stereocenters. The van der Waals surface area contributed by atoms with Gasteiger partial charge < -0.3 is 9.80 Å². The van der Waals surface area contributed by atoms with Crippen LogP contribution >= 0.6 is 0 Å². The van der Waals surface area contributed by atoms with Crippen LogP contribution < -0.4 is 4.90 Å². The van der Waals surface area contributed by atoms with Gasteiger partial charge in [-0.05, 0) is 74.7 Å². The van der Waals surface area contributed by atoms with E-state index in [1.165, 1.54) is 23.8 Å². The van der Waals surface area contributed by atoms with Crippen molar-refractivity contribution in [2.45, 2.75) is 37.9 Å². The first-order valence-electron chi connectivity index (χ1n) is 12.6. The maximum Gasteiger partial charge on any atom is 0.416 e. The Morgan fingerprint density at radius 1 is 0.889 bits per heavy atom. The number of fused-ring (bicyclic) bond motifs is 2. The molecule has 2 aromatic carbocycles. The molecule has 2 saturated heterocycles. The van der Waals surface area contributed by atoms with Crippen LogP contribution in [0.3, 0.4) is 0 Å². The van der Waals surface area contributed by atoms with E-state index in [-0.39, 0.29) is 5.56 Å². The maximum atomic E-state index is 13.9. The van der Waals surface area contributed by atoms with Crippen LogP contribution in [0.15, 0.2) is 78.2 Å². The quantitative estimate of drug-likeness (QED) is 0.518. The molecular weight excluding hydrogens is 463 g/mol. The Morgan fingerprint density at radius 2 is 1.61 bits per heavy atom. The summed E-state index contributed by atoms with van der Waals surface area (Å²) >= 11 is 0. The second kappa shape index (κ2) is 8.96. The molecule has 1 amide bonds. The van der Waals surface area contributed by atoms with Gasteiger partial charge in [-0.25, -0.2) is 0 Å². The maximum absolute atomic E-state index is 13.9. The number of carbonyl (C=O) groups is 1. The molecule has 7 heteroatoms. The highest BCUT2D eigenvalue weighted by molar-refractivity contribution is 6.04. The number of carbonyl (C=O) groups excluding carboxylic acids is 1. The molecular formula is C29H28F3N3O. The minimum atomic E-state index is -4.53. The summed E-state index contributed by atoms with van der Waals surface area (Å²) in [6.07, 6.45) is 5.47. The number of piperidine rings is 1.